The zero-order chi connectivity index (χ0) is 15.0. The molecule has 0 aromatic heterocycles. The number of benzene rings is 2. The number of fused-ring (bicyclic) bond motifs is 3. The van der Waals surface area contributed by atoms with Crippen LogP contribution in [0.1, 0.15) is 48.2 Å². The van der Waals surface area contributed by atoms with Crippen LogP contribution in [0, 0.1) is 0 Å². The molecule has 2 aromatic carbocycles. The molecule has 0 heterocycles. The molecule has 2 heteroatoms. The fourth-order valence-electron chi connectivity index (χ4n) is 3.63. The van der Waals surface area contributed by atoms with E-state index in [1.807, 2.05) is 6.07 Å². The van der Waals surface area contributed by atoms with Crippen molar-refractivity contribution in [3.8, 4) is 11.1 Å². The molecule has 108 valence electrons. The van der Waals surface area contributed by atoms with Crippen LogP contribution >= 0.6 is 0 Å². The molecule has 1 amide bonds. The van der Waals surface area contributed by atoms with Gasteiger partial charge in [0, 0.05) is 18.0 Å². The number of carbonyl (C=O) groups is 1. The number of rotatable bonds is 3. The summed E-state index contributed by atoms with van der Waals surface area (Å²) in [6, 6.07) is 14.7. The third-order valence-corrected chi connectivity index (χ3v) is 4.66. The first-order valence-corrected chi connectivity index (χ1v) is 7.58. The molecular weight excluding hydrogens is 258 g/mol. The van der Waals surface area contributed by atoms with Gasteiger partial charge in [-0.2, -0.15) is 0 Å². The Morgan fingerprint density at radius 3 is 2.52 bits per heavy atom. The minimum absolute atomic E-state index is 0.00467. The van der Waals surface area contributed by atoms with Crippen molar-refractivity contribution in [2.75, 3.05) is 7.05 Å². The van der Waals surface area contributed by atoms with E-state index < -0.39 is 0 Å². The van der Waals surface area contributed by atoms with Gasteiger partial charge in [-0.3, -0.25) is 4.79 Å². The molecule has 0 saturated carbocycles. The van der Waals surface area contributed by atoms with Crippen molar-refractivity contribution in [3.05, 3.63) is 59.2 Å². The van der Waals surface area contributed by atoms with E-state index in [9.17, 15) is 4.79 Å². The number of hydrogen-bond donors (Lipinski definition) is 1. The highest BCUT2D eigenvalue weighted by molar-refractivity contribution is 5.96. The van der Waals surface area contributed by atoms with E-state index in [4.69, 9.17) is 0 Å². The SMILES string of the molecule is CCCC1(C)c2ccccc2-c2ccc(C(=O)NC)cc21. The predicted molar refractivity (Wildman–Crippen MR) is 86.6 cm³/mol. The van der Waals surface area contributed by atoms with Gasteiger partial charge < -0.3 is 5.32 Å². The molecule has 1 unspecified atom stereocenters. The van der Waals surface area contributed by atoms with Crippen LogP contribution in [0.25, 0.3) is 11.1 Å². The summed E-state index contributed by atoms with van der Waals surface area (Å²) in [4.78, 5) is 11.9. The van der Waals surface area contributed by atoms with Gasteiger partial charge in [0.05, 0.1) is 0 Å². The Morgan fingerprint density at radius 1 is 1.10 bits per heavy atom. The minimum atomic E-state index is -0.0207. The lowest BCUT2D eigenvalue weighted by Gasteiger charge is -2.27. The standard InChI is InChI=1S/C19H21NO/c1-4-11-19(2)16-8-6-5-7-14(16)15-10-9-13(12-17(15)19)18(21)20-3/h5-10,12H,4,11H2,1-3H3,(H,20,21). The largest absolute Gasteiger partial charge is 0.355 e. The highest BCUT2D eigenvalue weighted by Crippen LogP contribution is 2.51. The summed E-state index contributed by atoms with van der Waals surface area (Å²) < 4.78 is 0. The average Bonchev–Trinajstić information content (AvgIpc) is 2.77. The number of nitrogens with one attached hydrogen (secondary N) is 1. The van der Waals surface area contributed by atoms with Crippen molar-refractivity contribution in [1.82, 2.24) is 5.32 Å². The monoisotopic (exact) mass is 279 g/mol. The molecule has 0 saturated heterocycles. The maximum absolute atomic E-state index is 11.9. The highest BCUT2D eigenvalue weighted by Gasteiger charge is 2.38. The van der Waals surface area contributed by atoms with E-state index >= 15 is 0 Å². The summed E-state index contributed by atoms with van der Waals surface area (Å²) >= 11 is 0. The van der Waals surface area contributed by atoms with Gasteiger partial charge in [-0.25, -0.2) is 0 Å². The van der Waals surface area contributed by atoms with Crippen LogP contribution in [0.5, 0.6) is 0 Å². The maximum atomic E-state index is 11.9. The Kier molecular flexibility index (Phi) is 3.32. The molecule has 1 N–H and O–H groups in total. The van der Waals surface area contributed by atoms with Crippen LogP contribution in [-0.2, 0) is 5.41 Å². The van der Waals surface area contributed by atoms with Gasteiger partial charge in [0.25, 0.3) is 5.91 Å². The van der Waals surface area contributed by atoms with E-state index in [1.54, 1.807) is 7.05 Å². The Hall–Kier alpha value is -2.09. The van der Waals surface area contributed by atoms with Gasteiger partial charge >= 0.3 is 0 Å². The lowest BCUT2D eigenvalue weighted by Crippen LogP contribution is -2.22. The van der Waals surface area contributed by atoms with Gasteiger partial charge in [0.2, 0.25) is 0 Å². The molecule has 21 heavy (non-hydrogen) atoms. The molecule has 2 aromatic rings. The first kappa shape index (κ1) is 13.9. The van der Waals surface area contributed by atoms with E-state index in [0.717, 1.165) is 18.4 Å². The molecule has 0 aliphatic heterocycles. The first-order valence-electron chi connectivity index (χ1n) is 7.58. The second-order valence-corrected chi connectivity index (χ2v) is 5.97. The van der Waals surface area contributed by atoms with Crippen LogP contribution in [0.4, 0.5) is 0 Å². The molecule has 0 radical (unpaired) electrons. The second kappa shape index (κ2) is 5.03. The molecular formula is C19H21NO. The maximum Gasteiger partial charge on any atom is 0.251 e. The fourth-order valence-corrected chi connectivity index (χ4v) is 3.63. The molecule has 0 fully saturated rings. The summed E-state index contributed by atoms with van der Waals surface area (Å²) in [7, 11) is 1.68. The third-order valence-electron chi connectivity index (χ3n) is 4.66. The Morgan fingerprint density at radius 2 is 1.81 bits per heavy atom. The van der Waals surface area contributed by atoms with Crippen LogP contribution in [0.3, 0.4) is 0 Å². The number of carbonyl (C=O) groups excluding carboxylic acids is 1. The first-order chi connectivity index (χ1) is 10.1. The normalized spacial score (nSPS) is 19.0. The molecule has 1 atom stereocenters. The molecule has 1 aliphatic rings. The predicted octanol–water partition coefficient (Wildman–Crippen LogP) is 4.13. The van der Waals surface area contributed by atoms with E-state index in [2.05, 4.69) is 55.6 Å². The number of hydrogen-bond acceptors (Lipinski definition) is 1. The van der Waals surface area contributed by atoms with Gasteiger partial charge in [0.15, 0.2) is 0 Å². The lowest BCUT2D eigenvalue weighted by atomic mass is 9.76. The molecule has 0 spiro atoms. The van der Waals surface area contributed by atoms with Crippen LogP contribution in [-0.4, -0.2) is 13.0 Å². The van der Waals surface area contributed by atoms with E-state index in [0.29, 0.717) is 0 Å². The van der Waals surface area contributed by atoms with Crippen molar-refractivity contribution >= 4 is 5.91 Å². The average molecular weight is 279 g/mol. The third kappa shape index (κ3) is 1.98. The summed E-state index contributed by atoms with van der Waals surface area (Å²) in [5.74, 6) is -0.0207. The molecule has 0 bridgehead atoms. The molecule has 1 aliphatic carbocycles. The van der Waals surface area contributed by atoms with Crippen LogP contribution in [0.2, 0.25) is 0 Å². The second-order valence-electron chi connectivity index (χ2n) is 5.97. The van der Waals surface area contributed by atoms with Crippen molar-refractivity contribution in [2.45, 2.75) is 32.1 Å². The molecule has 3 rings (SSSR count). The van der Waals surface area contributed by atoms with Gasteiger partial charge in [-0.1, -0.05) is 50.6 Å². The quantitative estimate of drug-likeness (QED) is 0.899. The number of amides is 1. The van der Waals surface area contributed by atoms with Gasteiger partial charge in [0.1, 0.15) is 0 Å². The van der Waals surface area contributed by atoms with Crippen molar-refractivity contribution in [1.29, 1.82) is 0 Å². The Bertz CT molecular complexity index is 704. The van der Waals surface area contributed by atoms with Gasteiger partial charge in [-0.15, -0.1) is 0 Å². The lowest BCUT2D eigenvalue weighted by molar-refractivity contribution is 0.0963. The Labute approximate surface area is 126 Å². The van der Waals surface area contributed by atoms with E-state index in [-0.39, 0.29) is 11.3 Å². The van der Waals surface area contributed by atoms with Crippen LogP contribution < -0.4 is 5.32 Å². The Balaban J connectivity index is 2.23. The van der Waals surface area contributed by atoms with Gasteiger partial charge in [-0.05, 0) is 40.8 Å². The summed E-state index contributed by atoms with van der Waals surface area (Å²) in [5.41, 5.74) is 6.00. The fraction of sp³-hybridized carbons (Fsp3) is 0.316. The van der Waals surface area contributed by atoms with Crippen LogP contribution in [0.15, 0.2) is 42.5 Å². The zero-order valence-electron chi connectivity index (χ0n) is 12.9. The summed E-state index contributed by atoms with van der Waals surface area (Å²) in [5, 5.41) is 2.71. The zero-order valence-corrected chi connectivity index (χ0v) is 12.9. The van der Waals surface area contributed by atoms with Crippen molar-refractivity contribution in [2.24, 2.45) is 0 Å². The summed E-state index contributed by atoms with van der Waals surface area (Å²) in [6.45, 7) is 4.52. The molecule has 2 nitrogen and oxygen atoms in total. The van der Waals surface area contributed by atoms with Crippen molar-refractivity contribution in [3.63, 3.8) is 0 Å². The topological polar surface area (TPSA) is 29.1 Å². The minimum Gasteiger partial charge on any atom is -0.355 e. The summed E-state index contributed by atoms with van der Waals surface area (Å²) in [6.07, 6.45) is 2.21. The van der Waals surface area contributed by atoms with Crippen molar-refractivity contribution < 1.29 is 4.79 Å². The smallest absolute Gasteiger partial charge is 0.251 e. The highest BCUT2D eigenvalue weighted by atomic mass is 16.1. The van der Waals surface area contributed by atoms with E-state index in [1.165, 1.54) is 22.3 Å².